The van der Waals surface area contributed by atoms with Gasteiger partial charge in [0.2, 0.25) is 5.91 Å². The van der Waals surface area contributed by atoms with Crippen molar-refractivity contribution < 1.29 is 9.53 Å². The number of ether oxygens (including phenoxy) is 1. The van der Waals surface area contributed by atoms with Gasteiger partial charge in [0.1, 0.15) is 0 Å². The average molecular weight is 249 g/mol. The molecule has 1 N–H and O–H groups in total. The van der Waals surface area contributed by atoms with E-state index < -0.39 is 0 Å². The van der Waals surface area contributed by atoms with E-state index in [4.69, 9.17) is 4.74 Å². The van der Waals surface area contributed by atoms with Crippen molar-refractivity contribution in [1.29, 1.82) is 0 Å². The maximum Gasteiger partial charge on any atom is 0.225 e. The van der Waals surface area contributed by atoms with Gasteiger partial charge in [-0.1, -0.05) is 0 Å². The third-order valence-electron chi connectivity index (χ3n) is 3.88. The number of aromatic nitrogens is 2. The highest BCUT2D eigenvalue weighted by Crippen LogP contribution is 2.31. The zero-order chi connectivity index (χ0) is 12.4. The number of nitrogens with one attached hydrogen (secondary N) is 1. The molecular weight excluding hydrogens is 230 g/mol. The minimum absolute atomic E-state index is 0.139. The summed E-state index contributed by atoms with van der Waals surface area (Å²) in [6.07, 6.45) is 6.62. The second kappa shape index (κ2) is 5.10. The number of hydrogen-bond donors (Lipinski definition) is 1. The van der Waals surface area contributed by atoms with Gasteiger partial charge in [0.15, 0.2) is 0 Å². The number of carbonyl (C=O) groups excluding carboxylic acids is 1. The lowest BCUT2D eigenvalue weighted by Crippen LogP contribution is -2.33. The Kier molecular flexibility index (Phi) is 3.32. The molecule has 0 saturated carbocycles. The summed E-state index contributed by atoms with van der Waals surface area (Å²) in [5.74, 6) is 0.221. The fraction of sp³-hybridized carbons (Fsp3) is 0.692. The van der Waals surface area contributed by atoms with E-state index in [1.807, 2.05) is 11.0 Å². The highest BCUT2D eigenvalue weighted by atomic mass is 16.5. The standard InChI is InChI=1S/C13H19N3O2/c17-13(9-10-3-2-8-18-10)16-7-1-4-12(16)11-5-6-14-15-11/h5-6,10,12H,1-4,7-9H2,(H,14,15)/t10-,12-/m1/s1. The van der Waals surface area contributed by atoms with Gasteiger partial charge in [0.05, 0.1) is 24.3 Å². The Hall–Kier alpha value is -1.36. The van der Waals surface area contributed by atoms with Crippen molar-refractivity contribution in [3.63, 3.8) is 0 Å². The number of H-pyrrole nitrogens is 1. The van der Waals surface area contributed by atoms with Gasteiger partial charge >= 0.3 is 0 Å². The molecule has 0 aromatic carbocycles. The molecule has 2 saturated heterocycles. The van der Waals surface area contributed by atoms with Gasteiger partial charge in [-0.3, -0.25) is 9.89 Å². The second-order valence-electron chi connectivity index (χ2n) is 5.10. The van der Waals surface area contributed by atoms with E-state index in [2.05, 4.69) is 10.2 Å². The molecule has 1 aromatic rings. The normalized spacial score (nSPS) is 27.9. The number of hydrogen-bond acceptors (Lipinski definition) is 3. The number of carbonyl (C=O) groups is 1. The molecule has 0 aliphatic carbocycles. The Labute approximate surface area is 107 Å². The quantitative estimate of drug-likeness (QED) is 0.886. The molecule has 18 heavy (non-hydrogen) atoms. The summed E-state index contributed by atoms with van der Waals surface area (Å²) >= 11 is 0. The molecule has 0 bridgehead atoms. The highest BCUT2D eigenvalue weighted by molar-refractivity contribution is 5.77. The van der Waals surface area contributed by atoms with Crippen LogP contribution in [0.25, 0.3) is 0 Å². The lowest BCUT2D eigenvalue weighted by molar-refractivity contribution is -0.134. The van der Waals surface area contributed by atoms with E-state index in [1.165, 1.54) is 0 Å². The number of aromatic amines is 1. The first kappa shape index (κ1) is 11.7. The smallest absolute Gasteiger partial charge is 0.225 e. The minimum Gasteiger partial charge on any atom is -0.378 e. The van der Waals surface area contributed by atoms with Crippen LogP contribution >= 0.6 is 0 Å². The van der Waals surface area contributed by atoms with Crippen LogP contribution in [0, 0.1) is 0 Å². The van der Waals surface area contributed by atoms with Crippen molar-refractivity contribution >= 4 is 5.91 Å². The molecule has 1 aromatic heterocycles. The molecule has 0 unspecified atom stereocenters. The third kappa shape index (κ3) is 2.27. The zero-order valence-electron chi connectivity index (χ0n) is 10.5. The number of nitrogens with zero attached hydrogens (tertiary/aromatic N) is 2. The monoisotopic (exact) mass is 249 g/mol. The third-order valence-corrected chi connectivity index (χ3v) is 3.88. The predicted octanol–water partition coefficient (Wildman–Crippen LogP) is 1.64. The van der Waals surface area contributed by atoms with Crippen LogP contribution in [0.1, 0.15) is 43.8 Å². The fourth-order valence-corrected chi connectivity index (χ4v) is 2.96. The second-order valence-corrected chi connectivity index (χ2v) is 5.10. The first-order valence-electron chi connectivity index (χ1n) is 6.75. The molecule has 2 fully saturated rings. The van der Waals surface area contributed by atoms with E-state index in [0.29, 0.717) is 6.42 Å². The summed E-state index contributed by atoms with van der Waals surface area (Å²) in [6.45, 7) is 1.66. The maximum atomic E-state index is 12.3. The van der Waals surface area contributed by atoms with E-state index in [9.17, 15) is 4.79 Å². The Morgan fingerprint density at radius 1 is 1.50 bits per heavy atom. The zero-order valence-corrected chi connectivity index (χ0v) is 10.5. The molecule has 2 atom stereocenters. The molecule has 98 valence electrons. The van der Waals surface area contributed by atoms with Gasteiger partial charge in [-0.2, -0.15) is 5.10 Å². The Balaban J connectivity index is 1.65. The summed E-state index contributed by atoms with van der Waals surface area (Å²) in [7, 11) is 0. The minimum atomic E-state index is 0.139. The van der Waals surface area contributed by atoms with Crippen molar-refractivity contribution in [2.24, 2.45) is 0 Å². The summed E-state index contributed by atoms with van der Waals surface area (Å²) in [5, 5.41) is 6.96. The summed E-state index contributed by atoms with van der Waals surface area (Å²) in [6, 6.07) is 2.14. The summed E-state index contributed by atoms with van der Waals surface area (Å²) in [4.78, 5) is 14.3. The van der Waals surface area contributed by atoms with Crippen LogP contribution in [0.2, 0.25) is 0 Å². The first-order chi connectivity index (χ1) is 8.84. The number of likely N-dealkylation sites (tertiary alicyclic amines) is 1. The molecule has 3 heterocycles. The molecule has 0 radical (unpaired) electrons. The number of amides is 1. The van der Waals surface area contributed by atoms with Gasteiger partial charge in [-0.15, -0.1) is 0 Å². The van der Waals surface area contributed by atoms with Crippen LogP contribution in [-0.4, -0.2) is 40.3 Å². The van der Waals surface area contributed by atoms with Crippen molar-refractivity contribution in [1.82, 2.24) is 15.1 Å². The van der Waals surface area contributed by atoms with Crippen LogP contribution in [-0.2, 0) is 9.53 Å². The maximum absolute atomic E-state index is 12.3. The molecule has 5 nitrogen and oxygen atoms in total. The van der Waals surface area contributed by atoms with Gasteiger partial charge in [0.25, 0.3) is 0 Å². The van der Waals surface area contributed by atoms with Crippen molar-refractivity contribution in [2.75, 3.05) is 13.2 Å². The Morgan fingerprint density at radius 3 is 3.17 bits per heavy atom. The molecular formula is C13H19N3O2. The van der Waals surface area contributed by atoms with Crippen LogP contribution < -0.4 is 0 Å². The van der Waals surface area contributed by atoms with Crippen molar-refractivity contribution in [3.05, 3.63) is 18.0 Å². The Bertz CT molecular complexity index is 398. The average Bonchev–Trinajstić information content (AvgIpc) is 3.11. The molecule has 2 aliphatic rings. The van der Waals surface area contributed by atoms with E-state index in [-0.39, 0.29) is 18.1 Å². The van der Waals surface area contributed by atoms with Crippen LogP contribution in [0.4, 0.5) is 0 Å². The lowest BCUT2D eigenvalue weighted by Gasteiger charge is -2.24. The van der Waals surface area contributed by atoms with E-state index in [1.54, 1.807) is 6.20 Å². The van der Waals surface area contributed by atoms with Crippen LogP contribution in [0.5, 0.6) is 0 Å². The van der Waals surface area contributed by atoms with Crippen molar-refractivity contribution in [2.45, 2.75) is 44.2 Å². The predicted molar refractivity (Wildman–Crippen MR) is 65.9 cm³/mol. The van der Waals surface area contributed by atoms with Gasteiger partial charge in [0, 0.05) is 19.3 Å². The molecule has 1 amide bonds. The van der Waals surface area contributed by atoms with E-state index in [0.717, 1.165) is 44.5 Å². The largest absolute Gasteiger partial charge is 0.378 e. The van der Waals surface area contributed by atoms with Gasteiger partial charge in [-0.25, -0.2) is 0 Å². The van der Waals surface area contributed by atoms with Gasteiger partial charge in [-0.05, 0) is 31.7 Å². The van der Waals surface area contributed by atoms with Gasteiger partial charge < -0.3 is 9.64 Å². The molecule has 5 heteroatoms. The highest BCUT2D eigenvalue weighted by Gasteiger charge is 2.32. The van der Waals surface area contributed by atoms with Crippen LogP contribution in [0.15, 0.2) is 12.3 Å². The first-order valence-corrected chi connectivity index (χ1v) is 6.75. The number of rotatable bonds is 3. The SMILES string of the molecule is O=C(C[C@H]1CCCO1)N1CCC[C@@H]1c1ccn[nH]1. The molecule has 3 rings (SSSR count). The topological polar surface area (TPSA) is 58.2 Å². The fourth-order valence-electron chi connectivity index (χ4n) is 2.96. The Morgan fingerprint density at radius 2 is 2.44 bits per heavy atom. The van der Waals surface area contributed by atoms with Crippen molar-refractivity contribution in [3.8, 4) is 0 Å². The summed E-state index contributed by atoms with van der Waals surface area (Å²) in [5.41, 5.74) is 1.05. The molecule has 0 spiro atoms. The molecule has 2 aliphatic heterocycles. The van der Waals surface area contributed by atoms with E-state index >= 15 is 0 Å². The van der Waals surface area contributed by atoms with Crippen LogP contribution in [0.3, 0.4) is 0 Å². The lowest BCUT2D eigenvalue weighted by atomic mass is 10.1. The summed E-state index contributed by atoms with van der Waals surface area (Å²) < 4.78 is 5.54.